The van der Waals surface area contributed by atoms with E-state index in [2.05, 4.69) is 11.6 Å². The molecule has 1 rings (SSSR count). The Balaban J connectivity index is 3.18. The van der Waals surface area contributed by atoms with Crippen LogP contribution in [0.25, 0.3) is 0 Å². The van der Waals surface area contributed by atoms with Crippen molar-refractivity contribution in [1.82, 2.24) is 4.98 Å². The molecule has 0 unspecified atom stereocenters. The van der Waals surface area contributed by atoms with Crippen LogP contribution in [0, 0.1) is 13.8 Å². The van der Waals surface area contributed by atoms with Crippen molar-refractivity contribution in [3.63, 3.8) is 0 Å². The van der Waals surface area contributed by atoms with E-state index in [1.165, 1.54) is 6.08 Å². The van der Waals surface area contributed by atoms with Crippen LogP contribution in [0.5, 0.6) is 0 Å². The van der Waals surface area contributed by atoms with Crippen molar-refractivity contribution in [3.8, 4) is 0 Å². The average molecular weight is 161 g/mol. The van der Waals surface area contributed by atoms with E-state index in [-0.39, 0.29) is 5.78 Å². The van der Waals surface area contributed by atoms with Crippen LogP contribution < -0.4 is 0 Å². The fraction of sp³-hybridized carbons (Fsp3) is 0.200. The monoisotopic (exact) mass is 161 g/mol. The van der Waals surface area contributed by atoms with Gasteiger partial charge in [0.05, 0.1) is 0 Å². The lowest BCUT2D eigenvalue weighted by Gasteiger charge is -2.00. The first-order chi connectivity index (χ1) is 5.65. The number of aromatic nitrogens is 1. The van der Waals surface area contributed by atoms with Crippen molar-refractivity contribution in [2.24, 2.45) is 0 Å². The van der Waals surface area contributed by atoms with E-state index in [4.69, 9.17) is 0 Å². The third-order valence-electron chi connectivity index (χ3n) is 1.63. The second-order valence-electron chi connectivity index (χ2n) is 2.75. The molecular weight excluding hydrogens is 150 g/mol. The third-order valence-corrected chi connectivity index (χ3v) is 1.63. The summed E-state index contributed by atoms with van der Waals surface area (Å²) in [4.78, 5) is 15.2. The zero-order chi connectivity index (χ0) is 9.14. The van der Waals surface area contributed by atoms with Gasteiger partial charge in [-0.3, -0.25) is 9.78 Å². The van der Waals surface area contributed by atoms with Crippen LogP contribution in [0.1, 0.15) is 21.6 Å². The number of pyridine rings is 1. The van der Waals surface area contributed by atoms with E-state index in [0.717, 1.165) is 11.1 Å². The topological polar surface area (TPSA) is 30.0 Å². The first kappa shape index (κ1) is 8.65. The smallest absolute Gasteiger partial charge is 0.203 e. The Hall–Kier alpha value is -1.44. The molecule has 0 aromatic carbocycles. The van der Waals surface area contributed by atoms with Gasteiger partial charge in [-0.25, -0.2) is 0 Å². The number of ketones is 1. The van der Waals surface area contributed by atoms with E-state index >= 15 is 0 Å². The predicted octanol–water partition coefficient (Wildman–Crippen LogP) is 2.07. The maximum Gasteiger partial charge on any atom is 0.203 e. The molecule has 0 N–H and O–H groups in total. The summed E-state index contributed by atoms with van der Waals surface area (Å²) in [5.74, 6) is -0.118. The fourth-order valence-corrected chi connectivity index (χ4v) is 1.07. The highest BCUT2D eigenvalue weighted by Gasteiger charge is 2.05. The van der Waals surface area contributed by atoms with Gasteiger partial charge in [-0.2, -0.15) is 0 Å². The van der Waals surface area contributed by atoms with Crippen molar-refractivity contribution >= 4 is 5.78 Å². The molecule has 2 heteroatoms. The van der Waals surface area contributed by atoms with E-state index in [9.17, 15) is 4.79 Å². The summed E-state index contributed by atoms with van der Waals surface area (Å²) in [7, 11) is 0. The number of carbonyl (C=O) groups excluding carboxylic acids is 1. The van der Waals surface area contributed by atoms with Gasteiger partial charge < -0.3 is 0 Å². The minimum atomic E-state index is -0.118. The van der Waals surface area contributed by atoms with Gasteiger partial charge in [-0.15, -0.1) is 0 Å². The Morgan fingerprint density at radius 1 is 1.58 bits per heavy atom. The summed E-state index contributed by atoms with van der Waals surface area (Å²) >= 11 is 0. The summed E-state index contributed by atoms with van der Waals surface area (Å²) in [6.45, 7) is 7.23. The largest absolute Gasteiger partial charge is 0.288 e. The number of hydrogen-bond acceptors (Lipinski definition) is 2. The molecule has 62 valence electrons. The molecule has 1 aromatic heterocycles. The number of aryl methyl sites for hydroxylation is 2. The SMILES string of the molecule is C=CC(=O)c1ncc(C)cc1C. The van der Waals surface area contributed by atoms with Gasteiger partial charge in [0.2, 0.25) is 5.78 Å². The summed E-state index contributed by atoms with van der Waals surface area (Å²) in [5.41, 5.74) is 2.46. The Morgan fingerprint density at radius 3 is 2.75 bits per heavy atom. The standard InChI is InChI=1S/C10H11NO/c1-4-9(12)10-8(3)5-7(2)6-11-10/h4-6H,1H2,2-3H3. The minimum absolute atomic E-state index is 0.118. The van der Waals surface area contributed by atoms with Crippen molar-refractivity contribution in [2.45, 2.75) is 13.8 Å². The zero-order valence-corrected chi connectivity index (χ0v) is 7.29. The molecule has 0 aliphatic heterocycles. The van der Waals surface area contributed by atoms with Gasteiger partial charge >= 0.3 is 0 Å². The van der Waals surface area contributed by atoms with Crippen LogP contribution in [0.2, 0.25) is 0 Å². The van der Waals surface area contributed by atoms with Crippen molar-refractivity contribution in [1.29, 1.82) is 0 Å². The number of carbonyl (C=O) groups is 1. The Labute approximate surface area is 71.9 Å². The first-order valence-electron chi connectivity index (χ1n) is 3.75. The number of allylic oxidation sites excluding steroid dienone is 1. The summed E-state index contributed by atoms with van der Waals surface area (Å²) in [5, 5.41) is 0. The van der Waals surface area contributed by atoms with Gasteiger partial charge in [0, 0.05) is 6.20 Å². The van der Waals surface area contributed by atoms with E-state index in [1.807, 2.05) is 19.9 Å². The lowest BCUT2D eigenvalue weighted by molar-refractivity contribution is 0.104. The second kappa shape index (κ2) is 3.30. The van der Waals surface area contributed by atoms with E-state index in [0.29, 0.717) is 5.69 Å². The van der Waals surface area contributed by atoms with Gasteiger partial charge in [0.15, 0.2) is 0 Å². The molecule has 1 aromatic rings. The van der Waals surface area contributed by atoms with Crippen molar-refractivity contribution in [3.05, 3.63) is 41.7 Å². The Kier molecular flexibility index (Phi) is 2.38. The molecule has 0 fully saturated rings. The van der Waals surface area contributed by atoms with Crippen molar-refractivity contribution < 1.29 is 4.79 Å². The summed E-state index contributed by atoms with van der Waals surface area (Å²) < 4.78 is 0. The molecule has 0 spiro atoms. The predicted molar refractivity (Wildman–Crippen MR) is 48.2 cm³/mol. The minimum Gasteiger partial charge on any atom is -0.288 e. The molecule has 1 heterocycles. The molecule has 0 saturated heterocycles. The molecule has 12 heavy (non-hydrogen) atoms. The summed E-state index contributed by atoms with van der Waals surface area (Å²) in [6.07, 6.45) is 2.97. The number of hydrogen-bond donors (Lipinski definition) is 0. The van der Waals surface area contributed by atoms with Crippen LogP contribution in [0.3, 0.4) is 0 Å². The molecule has 0 bridgehead atoms. The highest BCUT2D eigenvalue weighted by molar-refractivity contribution is 6.03. The molecule has 0 saturated carbocycles. The highest BCUT2D eigenvalue weighted by Crippen LogP contribution is 2.07. The molecule has 0 amide bonds. The quantitative estimate of drug-likeness (QED) is 0.491. The number of nitrogens with zero attached hydrogens (tertiary/aromatic N) is 1. The second-order valence-corrected chi connectivity index (χ2v) is 2.75. The van der Waals surface area contributed by atoms with Gasteiger partial charge in [0.1, 0.15) is 5.69 Å². The summed E-state index contributed by atoms with van der Waals surface area (Å²) in [6, 6.07) is 1.93. The van der Waals surface area contributed by atoms with Gasteiger partial charge in [-0.05, 0) is 31.1 Å². The Bertz CT molecular complexity index is 329. The maximum atomic E-state index is 11.2. The molecule has 0 aliphatic carbocycles. The lowest BCUT2D eigenvalue weighted by atomic mass is 10.1. The van der Waals surface area contributed by atoms with Crippen LogP contribution in [-0.2, 0) is 0 Å². The first-order valence-corrected chi connectivity index (χ1v) is 3.75. The van der Waals surface area contributed by atoms with E-state index in [1.54, 1.807) is 6.20 Å². The fourth-order valence-electron chi connectivity index (χ4n) is 1.07. The molecular formula is C10H11NO. The van der Waals surface area contributed by atoms with Gasteiger partial charge in [0.25, 0.3) is 0 Å². The van der Waals surface area contributed by atoms with Crippen LogP contribution in [-0.4, -0.2) is 10.8 Å². The lowest BCUT2D eigenvalue weighted by Crippen LogP contribution is -2.01. The number of rotatable bonds is 2. The highest BCUT2D eigenvalue weighted by atomic mass is 16.1. The average Bonchev–Trinajstić information content (AvgIpc) is 2.03. The van der Waals surface area contributed by atoms with Crippen LogP contribution in [0.4, 0.5) is 0 Å². The molecule has 0 radical (unpaired) electrons. The van der Waals surface area contributed by atoms with Crippen LogP contribution >= 0.6 is 0 Å². The van der Waals surface area contributed by atoms with Crippen LogP contribution in [0.15, 0.2) is 24.9 Å². The van der Waals surface area contributed by atoms with Gasteiger partial charge in [-0.1, -0.05) is 12.6 Å². The molecule has 0 aliphatic rings. The maximum absolute atomic E-state index is 11.2. The normalized spacial score (nSPS) is 9.50. The zero-order valence-electron chi connectivity index (χ0n) is 7.29. The third kappa shape index (κ3) is 1.59. The van der Waals surface area contributed by atoms with E-state index < -0.39 is 0 Å². The Morgan fingerprint density at radius 2 is 2.25 bits per heavy atom. The molecule has 0 atom stereocenters. The van der Waals surface area contributed by atoms with Crippen molar-refractivity contribution in [2.75, 3.05) is 0 Å². The molecule has 2 nitrogen and oxygen atoms in total.